The zero-order valence-electron chi connectivity index (χ0n) is 8.05. The maximum atomic E-state index is 11.0. The lowest BCUT2D eigenvalue weighted by Gasteiger charge is -2.05. The Kier molecular flexibility index (Phi) is 5.69. The van der Waals surface area contributed by atoms with Crippen molar-refractivity contribution < 1.29 is 9.90 Å². The highest BCUT2D eigenvalue weighted by molar-refractivity contribution is 5.95. The highest BCUT2D eigenvalue weighted by atomic mass is 16.4. The second-order valence-electron chi connectivity index (χ2n) is 3.22. The first kappa shape index (κ1) is 14.9. The van der Waals surface area contributed by atoms with Crippen molar-refractivity contribution in [1.29, 1.82) is 0 Å². The molecule has 0 heterocycles. The van der Waals surface area contributed by atoms with E-state index in [9.17, 15) is 4.79 Å². The molecule has 0 unspecified atom stereocenters. The Hall–Kier alpha value is -2.09. The van der Waals surface area contributed by atoms with Gasteiger partial charge in [0.05, 0.1) is 5.56 Å². The third-order valence-corrected chi connectivity index (χ3v) is 2.24. The smallest absolute Gasteiger partial charge is 0.336 e. The van der Waals surface area contributed by atoms with E-state index < -0.39 is 5.97 Å². The molecule has 0 bridgehead atoms. The number of hydrogen-bond acceptors (Lipinski definition) is 1. The number of aromatic carboxylic acids is 1. The number of carboxylic acid groups (broad SMARTS) is 1. The summed E-state index contributed by atoms with van der Waals surface area (Å²) in [6.45, 7) is 0. The van der Waals surface area contributed by atoms with Crippen LogP contribution in [0.25, 0.3) is 11.1 Å². The van der Waals surface area contributed by atoms with Gasteiger partial charge in [0.1, 0.15) is 0 Å². The lowest BCUT2D eigenvalue weighted by molar-refractivity contribution is 0.0697. The van der Waals surface area contributed by atoms with Crippen LogP contribution in [-0.4, -0.2) is 11.1 Å². The van der Waals surface area contributed by atoms with Gasteiger partial charge in [-0.25, -0.2) is 4.79 Å². The van der Waals surface area contributed by atoms with Crippen LogP contribution in [0.4, 0.5) is 0 Å². The first-order valence-corrected chi connectivity index (χ1v) is 4.67. The summed E-state index contributed by atoms with van der Waals surface area (Å²) >= 11 is 0. The Bertz CT molecular complexity index is 475. The van der Waals surface area contributed by atoms with E-state index in [-0.39, 0.29) is 14.9 Å². The van der Waals surface area contributed by atoms with Crippen LogP contribution < -0.4 is 0 Å². The molecule has 2 aromatic rings. The minimum absolute atomic E-state index is 0. The van der Waals surface area contributed by atoms with Crippen molar-refractivity contribution in [1.82, 2.24) is 0 Å². The molecule has 0 saturated heterocycles. The topological polar surface area (TPSA) is 37.3 Å². The second kappa shape index (κ2) is 6.48. The fourth-order valence-corrected chi connectivity index (χ4v) is 1.54. The van der Waals surface area contributed by atoms with Gasteiger partial charge in [0, 0.05) is 0 Å². The average Bonchev–Trinajstić information content (AvgIpc) is 2.30. The van der Waals surface area contributed by atoms with Crippen LogP contribution in [0.1, 0.15) is 25.2 Å². The maximum Gasteiger partial charge on any atom is 0.336 e. The fourth-order valence-electron chi connectivity index (χ4n) is 1.54. The van der Waals surface area contributed by atoms with Crippen molar-refractivity contribution in [2.75, 3.05) is 0 Å². The Labute approximate surface area is 103 Å². The zero-order valence-corrected chi connectivity index (χ0v) is 8.05. The van der Waals surface area contributed by atoms with Gasteiger partial charge in [0.25, 0.3) is 0 Å². The first-order chi connectivity index (χ1) is 7.29. The van der Waals surface area contributed by atoms with E-state index in [0.717, 1.165) is 11.1 Å². The van der Waals surface area contributed by atoms with Crippen molar-refractivity contribution in [2.45, 2.75) is 14.9 Å². The normalized spacial score (nSPS) is 8.71. The third-order valence-electron chi connectivity index (χ3n) is 2.24. The van der Waals surface area contributed by atoms with Crippen LogP contribution in [0.2, 0.25) is 0 Å². The molecule has 2 rings (SSSR count). The van der Waals surface area contributed by atoms with Crippen molar-refractivity contribution >= 4 is 5.97 Å². The molecule has 0 aliphatic heterocycles. The molecule has 0 saturated carbocycles. The van der Waals surface area contributed by atoms with E-state index >= 15 is 0 Å². The number of hydrogen-bond donors (Lipinski definition) is 1. The van der Waals surface area contributed by atoms with Crippen molar-refractivity contribution in [3.63, 3.8) is 0 Å². The molecule has 0 radical (unpaired) electrons. The molecule has 0 spiro atoms. The lowest BCUT2D eigenvalue weighted by Crippen LogP contribution is -1.98. The Balaban J connectivity index is 0.00000128. The molecule has 0 aliphatic carbocycles. The lowest BCUT2D eigenvalue weighted by atomic mass is 10.00. The second-order valence-corrected chi connectivity index (χ2v) is 3.22. The Morgan fingerprint density at radius 3 is 1.94 bits per heavy atom. The summed E-state index contributed by atoms with van der Waals surface area (Å²) in [5.41, 5.74) is 2.02. The van der Waals surface area contributed by atoms with Crippen LogP contribution in [0.3, 0.4) is 0 Å². The minimum atomic E-state index is -0.894. The molecule has 0 aromatic heterocycles. The molecule has 90 valence electrons. The molecule has 2 heteroatoms. The van der Waals surface area contributed by atoms with Gasteiger partial charge < -0.3 is 5.11 Å². The van der Waals surface area contributed by atoms with E-state index in [1.807, 2.05) is 42.5 Å². The summed E-state index contributed by atoms with van der Waals surface area (Å²) in [6.07, 6.45) is 0. The quantitative estimate of drug-likeness (QED) is 0.834. The van der Waals surface area contributed by atoms with Crippen molar-refractivity contribution in [3.05, 3.63) is 60.2 Å². The van der Waals surface area contributed by atoms with E-state index in [4.69, 9.17) is 5.11 Å². The zero-order chi connectivity index (χ0) is 10.7. The molecule has 2 nitrogen and oxygen atoms in total. The molecular weight excluding hydrogens is 212 g/mol. The van der Waals surface area contributed by atoms with E-state index in [1.165, 1.54) is 0 Å². The fraction of sp³-hybridized carbons (Fsp3) is 0.133. The number of carbonyl (C=O) groups is 1. The van der Waals surface area contributed by atoms with Gasteiger partial charge in [-0.3, -0.25) is 0 Å². The summed E-state index contributed by atoms with van der Waals surface area (Å²) < 4.78 is 0. The van der Waals surface area contributed by atoms with Crippen LogP contribution in [0.5, 0.6) is 0 Å². The van der Waals surface area contributed by atoms with Gasteiger partial charge >= 0.3 is 5.97 Å². The molecule has 0 amide bonds. The Morgan fingerprint density at radius 1 is 0.824 bits per heavy atom. The van der Waals surface area contributed by atoms with E-state index in [2.05, 4.69) is 0 Å². The van der Waals surface area contributed by atoms with Crippen LogP contribution in [-0.2, 0) is 0 Å². The van der Waals surface area contributed by atoms with Gasteiger partial charge in [0.15, 0.2) is 0 Å². The average molecular weight is 230 g/mol. The molecule has 2 aromatic carbocycles. The van der Waals surface area contributed by atoms with Crippen molar-refractivity contribution in [3.8, 4) is 11.1 Å². The highest BCUT2D eigenvalue weighted by Gasteiger charge is 2.09. The molecule has 0 fully saturated rings. The summed E-state index contributed by atoms with van der Waals surface area (Å²) in [7, 11) is 0. The molecule has 0 aliphatic rings. The monoisotopic (exact) mass is 230 g/mol. The molecule has 17 heavy (non-hydrogen) atoms. The van der Waals surface area contributed by atoms with Gasteiger partial charge in [-0.05, 0) is 17.2 Å². The standard InChI is InChI=1S/C13H10O2.2CH4/c14-13(15)12-9-5-4-8-11(12)10-6-2-1-3-7-10;;/h1-9H,(H,14,15);2*1H4. The van der Waals surface area contributed by atoms with Crippen LogP contribution in [0, 0.1) is 0 Å². The highest BCUT2D eigenvalue weighted by Crippen LogP contribution is 2.22. The minimum Gasteiger partial charge on any atom is -0.478 e. The predicted molar refractivity (Wildman–Crippen MR) is 72.3 cm³/mol. The summed E-state index contributed by atoms with van der Waals surface area (Å²) in [4.78, 5) is 11.0. The number of rotatable bonds is 2. The van der Waals surface area contributed by atoms with E-state index in [0.29, 0.717) is 5.56 Å². The van der Waals surface area contributed by atoms with Gasteiger partial charge in [0.2, 0.25) is 0 Å². The maximum absolute atomic E-state index is 11.0. The first-order valence-electron chi connectivity index (χ1n) is 4.67. The largest absolute Gasteiger partial charge is 0.478 e. The van der Waals surface area contributed by atoms with Gasteiger partial charge in [-0.15, -0.1) is 0 Å². The predicted octanol–water partition coefficient (Wildman–Crippen LogP) is 4.32. The Morgan fingerprint density at radius 2 is 1.35 bits per heavy atom. The van der Waals surface area contributed by atoms with E-state index in [1.54, 1.807) is 12.1 Å². The molecular formula is C15H18O2. The van der Waals surface area contributed by atoms with Gasteiger partial charge in [-0.2, -0.15) is 0 Å². The number of carboxylic acids is 1. The SMILES string of the molecule is C.C.O=C(O)c1ccccc1-c1ccccc1. The number of benzene rings is 2. The molecule has 0 atom stereocenters. The van der Waals surface area contributed by atoms with Crippen LogP contribution in [0.15, 0.2) is 54.6 Å². The van der Waals surface area contributed by atoms with Gasteiger partial charge in [-0.1, -0.05) is 63.4 Å². The van der Waals surface area contributed by atoms with Crippen molar-refractivity contribution in [2.24, 2.45) is 0 Å². The summed E-state index contributed by atoms with van der Waals surface area (Å²) in [5, 5.41) is 9.03. The molecule has 1 N–H and O–H groups in total. The third kappa shape index (κ3) is 3.18. The summed E-state index contributed by atoms with van der Waals surface area (Å²) in [5.74, 6) is -0.894. The summed E-state index contributed by atoms with van der Waals surface area (Å²) in [6, 6.07) is 16.5. The van der Waals surface area contributed by atoms with Crippen LogP contribution >= 0.6 is 0 Å².